The standard InChI is InChI=1S/C14H19NO/c1-15-14(7-8-14)6-4-11-2-3-13-12(10-11)5-9-16-13/h2-3,10,15H,4-9H2,1H3. The Morgan fingerprint density at radius 3 is 3.00 bits per heavy atom. The Kier molecular flexibility index (Phi) is 2.40. The van der Waals surface area contributed by atoms with Crippen LogP contribution < -0.4 is 10.1 Å². The molecule has 0 atom stereocenters. The molecule has 0 radical (unpaired) electrons. The minimum absolute atomic E-state index is 0.468. The summed E-state index contributed by atoms with van der Waals surface area (Å²) in [6.07, 6.45) is 6.23. The predicted octanol–water partition coefficient (Wildman–Crippen LogP) is 2.31. The molecule has 0 aromatic heterocycles. The first-order valence-corrected chi connectivity index (χ1v) is 6.25. The fourth-order valence-corrected chi connectivity index (χ4v) is 2.55. The Morgan fingerprint density at radius 2 is 2.25 bits per heavy atom. The Balaban J connectivity index is 1.66. The van der Waals surface area contributed by atoms with Crippen LogP contribution in [0, 0.1) is 0 Å². The maximum absolute atomic E-state index is 5.52. The van der Waals surface area contributed by atoms with Gasteiger partial charge in [0, 0.05) is 12.0 Å². The molecule has 0 spiro atoms. The van der Waals surface area contributed by atoms with Gasteiger partial charge in [0.2, 0.25) is 0 Å². The summed E-state index contributed by atoms with van der Waals surface area (Å²) in [7, 11) is 2.09. The van der Waals surface area contributed by atoms with Gasteiger partial charge in [0.15, 0.2) is 0 Å². The summed E-state index contributed by atoms with van der Waals surface area (Å²) in [4.78, 5) is 0. The molecule has 0 bridgehead atoms. The zero-order valence-electron chi connectivity index (χ0n) is 9.88. The first-order chi connectivity index (χ1) is 7.81. The third-order valence-electron chi connectivity index (χ3n) is 4.03. The summed E-state index contributed by atoms with van der Waals surface area (Å²) in [5, 5.41) is 3.45. The average Bonchev–Trinajstić information content (AvgIpc) is 2.96. The van der Waals surface area contributed by atoms with E-state index >= 15 is 0 Å². The smallest absolute Gasteiger partial charge is 0.122 e. The van der Waals surface area contributed by atoms with Crippen molar-refractivity contribution in [1.29, 1.82) is 0 Å². The van der Waals surface area contributed by atoms with E-state index in [1.165, 1.54) is 36.8 Å². The van der Waals surface area contributed by atoms with E-state index in [1.807, 2.05) is 0 Å². The molecule has 16 heavy (non-hydrogen) atoms. The number of benzene rings is 1. The Labute approximate surface area is 97.0 Å². The number of aryl methyl sites for hydroxylation is 1. The van der Waals surface area contributed by atoms with Crippen LogP contribution in [0.5, 0.6) is 5.75 Å². The summed E-state index contributed by atoms with van der Waals surface area (Å²) in [5.41, 5.74) is 3.33. The van der Waals surface area contributed by atoms with Crippen molar-refractivity contribution >= 4 is 0 Å². The SMILES string of the molecule is CNC1(CCc2ccc3c(c2)CCO3)CC1. The first-order valence-electron chi connectivity index (χ1n) is 6.25. The van der Waals surface area contributed by atoms with Crippen LogP contribution in [0.1, 0.15) is 30.4 Å². The second kappa shape index (κ2) is 3.77. The van der Waals surface area contributed by atoms with Gasteiger partial charge in [-0.05, 0) is 49.9 Å². The molecule has 0 amide bonds. The first kappa shape index (κ1) is 10.2. The molecular weight excluding hydrogens is 198 g/mol. The van der Waals surface area contributed by atoms with E-state index in [9.17, 15) is 0 Å². The highest BCUT2D eigenvalue weighted by Crippen LogP contribution is 2.39. The van der Waals surface area contributed by atoms with Gasteiger partial charge in [-0.1, -0.05) is 12.1 Å². The van der Waals surface area contributed by atoms with Crippen molar-refractivity contribution < 1.29 is 4.74 Å². The molecule has 1 aliphatic carbocycles. The van der Waals surface area contributed by atoms with E-state index in [4.69, 9.17) is 4.74 Å². The summed E-state index contributed by atoms with van der Waals surface area (Å²) in [5.74, 6) is 1.10. The van der Waals surface area contributed by atoms with Gasteiger partial charge < -0.3 is 10.1 Å². The zero-order valence-corrected chi connectivity index (χ0v) is 9.88. The number of ether oxygens (including phenoxy) is 1. The van der Waals surface area contributed by atoms with E-state index in [0.717, 1.165) is 18.8 Å². The van der Waals surface area contributed by atoms with Crippen molar-refractivity contribution in [2.45, 2.75) is 37.6 Å². The van der Waals surface area contributed by atoms with Gasteiger partial charge in [0.05, 0.1) is 6.61 Å². The van der Waals surface area contributed by atoms with Crippen LogP contribution in [0.4, 0.5) is 0 Å². The molecule has 1 aliphatic heterocycles. The lowest BCUT2D eigenvalue weighted by Gasteiger charge is -2.13. The molecule has 0 unspecified atom stereocenters. The Bertz CT molecular complexity index is 396. The highest BCUT2D eigenvalue weighted by molar-refractivity contribution is 5.39. The van der Waals surface area contributed by atoms with Gasteiger partial charge in [-0.2, -0.15) is 0 Å². The third-order valence-corrected chi connectivity index (χ3v) is 4.03. The van der Waals surface area contributed by atoms with Crippen LogP contribution in [0.3, 0.4) is 0 Å². The van der Waals surface area contributed by atoms with Crippen molar-refractivity contribution in [3.05, 3.63) is 29.3 Å². The minimum Gasteiger partial charge on any atom is -0.493 e. The van der Waals surface area contributed by atoms with Crippen LogP contribution in [-0.2, 0) is 12.8 Å². The van der Waals surface area contributed by atoms with E-state index in [-0.39, 0.29) is 0 Å². The molecular formula is C14H19NO. The quantitative estimate of drug-likeness (QED) is 0.835. The monoisotopic (exact) mass is 217 g/mol. The maximum Gasteiger partial charge on any atom is 0.122 e. The van der Waals surface area contributed by atoms with Gasteiger partial charge in [0.1, 0.15) is 5.75 Å². The Hall–Kier alpha value is -1.02. The van der Waals surface area contributed by atoms with Crippen molar-refractivity contribution in [2.75, 3.05) is 13.7 Å². The van der Waals surface area contributed by atoms with E-state index in [2.05, 4.69) is 30.6 Å². The minimum atomic E-state index is 0.468. The van der Waals surface area contributed by atoms with Gasteiger partial charge >= 0.3 is 0 Å². The molecule has 1 saturated carbocycles. The van der Waals surface area contributed by atoms with Crippen molar-refractivity contribution in [2.24, 2.45) is 0 Å². The fraction of sp³-hybridized carbons (Fsp3) is 0.571. The van der Waals surface area contributed by atoms with Gasteiger partial charge in [-0.3, -0.25) is 0 Å². The number of nitrogens with one attached hydrogen (secondary N) is 1. The lowest BCUT2D eigenvalue weighted by atomic mass is 10.0. The summed E-state index contributed by atoms with van der Waals surface area (Å²) in [6, 6.07) is 6.68. The van der Waals surface area contributed by atoms with Gasteiger partial charge in [0.25, 0.3) is 0 Å². The molecule has 1 N–H and O–H groups in total. The van der Waals surface area contributed by atoms with Crippen LogP contribution >= 0.6 is 0 Å². The molecule has 3 rings (SSSR count). The zero-order chi connectivity index (χ0) is 11.0. The molecule has 2 aliphatic rings. The third kappa shape index (κ3) is 1.82. The van der Waals surface area contributed by atoms with E-state index < -0.39 is 0 Å². The number of hydrogen-bond donors (Lipinski definition) is 1. The molecule has 1 aromatic rings. The van der Waals surface area contributed by atoms with E-state index in [0.29, 0.717) is 5.54 Å². The van der Waals surface area contributed by atoms with Crippen LogP contribution in [0.25, 0.3) is 0 Å². The highest BCUT2D eigenvalue weighted by Gasteiger charge is 2.40. The van der Waals surface area contributed by atoms with Crippen LogP contribution in [0.15, 0.2) is 18.2 Å². The molecule has 1 aromatic carbocycles. The van der Waals surface area contributed by atoms with Crippen LogP contribution in [0.2, 0.25) is 0 Å². The molecule has 2 heteroatoms. The molecule has 0 saturated heterocycles. The average molecular weight is 217 g/mol. The molecule has 86 valence electrons. The second-order valence-electron chi connectivity index (χ2n) is 5.07. The van der Waals surface area contributed by atoms with E-state index in [1.54, 1.807) is 0 Å². The van der Waals surface area contributed by atoms with Crippen molar-refractivity contribution in [3.63, 3.8) is 0 Å². The highest BCUT2D eigenvalue weighted by atomic mass is 16.5. The summed E-state index contributed by atoms with van der Waals surface area (Å²) >= 11 is 0. The molecule has 2 nitrogen and oxygen atoms in total. The number of fused-ring (bicyclic) bond motifs is 1. The Morgan fingerprint density at radius 1 is 1.38 bits per heavy atom. The van der Waals surface area contributed by atoms with Crippen molar-refractivity contribution in [3.8, 4) is 5.75 Å². The number of hydrogen-bond acceptors (Lipinski definition) is 2. The normalized spacial score (nSPS) is 20.3. The summed E-state index contributed by atoms with van der Waals surface area (Å²) in [6.45, 7) is 0.860. The largest absolute Gasteiger partial charge is 0.493 e. The van der Waals surface area contributed by atoms with Gasteiger partial charge in [-0.15, -0.1) is 0 Å². The lowest BCUT2D eigenvalue weighted by Crippen LogP contribution is -2.27. The summed E-state index contributed by atoms with van der Waals surface area (Å²) < 4.78 is 5.52. The topological polar surface area (TPSA) is 21.3 Å². The maximum atomic E-state index is 5.52. The van der Waals surface area contributed by atoms with Crippen LogP contribution in [-0.4, -0.2) is 19.2 Å². The second-order valence-corrected chi connectivity index (χ2v) is 5.07. The lowest BCUT2D eigenvalue weighted by molar-refractivity contribution is 0.357. The predicted molar refractivity (Wildman–Crippen MR) is 65.0 cm³/mol. The number of rotatable bonds is 4. The fourth-order valence-electron chi connectivity index (χ4n) is 2.55. The van der Waals surface area contributed by atoms with Crippen molar-refractivity contribution in [1.82, 2.24) is 5.32 Å². The van der Waals surface area contributed by atoms with Gasteiger partial charge in [-0.25, -0.2) is 0 Å². The molecule has 1 heterocycles. The molecule has 1 fully saturated rings.